The van der Waals surface area contributed by atoms with Gasteiger partial charge in [-0.1, -0.05) is 55.5 Å². The highest BCUT2D eigenvalue weighted by Gasteiger charge is 2.20. The second kappa shape index (κ2) is 11.4. The van der Waals surface area contributed by atoms with E-state index in [4.69, 9.17) is 9.47 Å². The van der Waals surface area contributed by atoms with E-state index in [1.165, 1.54) is 11.1 Å². The molecule has 0 fully saturated rings. The number of phenols is 1. The van der Waals surface area contributed by atoms with E-state index < -0.39 is 0 Å². The van der Waals surface area contributed by atoms with Gasteiger partial charge in [0.15, 0.2) is 0 Å². The number of phenolic OH excluding ortho intramolecular Hbond substituents is 1. The lowest BCUT2D eigenvalue weighted by Crippen LogP contribution is -2.19. The summed E-state index contributed by atoms with van der Waals surface area (Å²) in [6.07, 6.45) is 0.865. The average molecular weight is 460 g/mol. The molecule has 0 saturated heterocycles. The molecule has 0 saturated carbocycles. The van der Waals surface area contributed by atoms with E-state index in [-0.39, 0.29) is 11.4 Å². The van der Waals surface area contributed by atoms with Crippen LogP contribution in [0.2, 0.25) is 0 Å². The Morgan fingerprint density at radius 1 is 0.824 bits per heavy atom. The van der Waals surface area contributed by atoms with Gasteiger partial charge in [-0.15, -0.1) is 0 Å². The van der Waals surface area contributed by atoms with Crippen molar-refractivity contribution in [1.82, 2.24) is 4.90 Å². The van der Waals surface area contributed by atoms with Crippen LogP contribution in [0, 0.1) is 0 Å². The largest absolute Gasteiger partial charge is 0.508 e. The molecule has 180 valence electrons. The Labute approximate surface area is 204 Å². The average Bonchev–Trinajstić information content (AvgIpc) is 2.84. The van der Waals surface area contributed by atoms with Gasteiger partial charge in [0.2, 0.25) is 0 Å². The molecule has 0 radical (unpaired) electrons. The van der Waals surface area contributed by atoms with Crippen LogP contribution in [0.4, 0.5) is 0 Å². The molecule has 0 spiro atoms. The van der Waals surface area contributed by atoms with E-state index in [0.29, 0.717) is 6.61 Å². The third-order valence-corrected chi connectivity index (χ3v) is 6.20. The van der Waals surface area contributed by atoms with Crippen LogP contribution in [0.25, 0.3) is 11.1 Å². The van der Waals surface area contributed by atoms with Crippen molar-refractivity contribution < 1.29 is 14.6 Å². The summed E-state index contributed by atoms with van der Waals surface area (Å²) in [5.74, 6) is 1.12. The summed E-state index contributed by atoms with van der Waals surface area (Å²) >= 11 is 0. The van der Waals surface area contributed by atoms with Crippen molar-refractivity contribution in [2.75, 3.05) is 34.4 Å². The number of hydrogen-bond acceptors (Lipinski definition) is 4. The normalized spacial score (nSPS) is 12.6. The Morgan fingerprint density at radius 3 is 1.85 bits per heavy atom. The monoisotopic (exact) mass is 459 g/mol. The highest BCUT2D eigenvalue weighted by molar-refractivity contribution is 5.98. The number of allylic oxidation sites excluding steroid dienone is 1. The van der Waals surface area contributed by atoms with E-state index in [9.17, 15) is 5.11 Å². The number of nitrogens with zero attached hydrogens (tertiary/aromatic N) is 1. The van der Waals surface area contributed by atoms with Crippen LogP contribution in [0.15, 0.2) is 72.8 Å². The predicted molar refractivity (Wildman–Crippen MR) is 141 cm³/mol. The maximum Gasteiger partial charge on any atom is 0.119 e. The van der Waals surface area contributed by atoms with Gasteiger partial charge in [0, 0.05) is 13.7 Å². The highest BCUT2D eigenvalue weighted by atomic mass is 16.5. The lowest BCUT2D eigenvalue weighted by molar-refractivity contribution is 0.0192. The van der Waals surface area contributed by atoms with Crippen LogP contribution in [0.3, 0.4) is 0 Å². The summed E-state index contributed by atoms with van der Waals surface area (Å²) in [6, 6.07) is 24.4. The highest BCUT2D eigenvalue weighted by Crippen LogP contribution is 2.36. The van der Waals surface area contributed by atoms with Gasteiger partial charge in [0.1, 0.15) is 18.1 Å². The van der Waals surface area contributed by atoms with E-state index >= 15 is 0 Å². The number of methoxy groups -OCH3 is 1. The number of ether oxygens (including phenoxy) is 2. The Morgan fingerprint density at radius 2 is 1.35 bits per heavy atom. The third-order valence-electron chi connectivity index (χ3n) is 6.20. The first-order valence-corrected chi connectivity index (χ1v) is 11.8. The lowest BCUT2D eigenvalue weighted by atomic mass is 9.87. The summed E-state index contributed by atoms with van der Waals surface area (Å²) in [4.78, 5) is 2.10. The third kappa shape index (κ3) is 6.28. The first kappa shape index (κ1) is 25.5. The van der Waals surface area contributed by atoms with Gasteiger partial charge in [0.05, 0.1) is 5.60 Å². The molecule has 0 atom stereocenters. The predicted octanol–water partition coefficient (Wildman–Crippen LogP) is 6.58. The Balaban J connectivity index is 2.05. The molecular weight excluding hydrogens is 422 g/mol. The van der Waals surface area contributed by atoms with Crippen LogP contribution in [-0.4, -0.2) is 44.4 Å². The standard InChI is InChI=1S/C30H37NO3/c1-7-28(22-8-14-25(15-9-22)30(2,3)33-6)29(23-10-16-26(32)17-11-23)24-12-18-27(19-13-24)34-21-20-31(4)5/h8-19,32H,7,20-21H2,1-6H3/b29-28-. The van der Waals surface area contributed by atoms with Crippen LogP contribution in [-0.2, 0) is 10.3 Å². The number of benzene rings is 3. The number of hydrogen-bond donors (Lipinski definition) is 1. The molecule has 0 aliphatic heterocycles. The Bertz CT molecular complexity index is 1080. The molecule has 0 unspecified atom stereocenters. The molecule has 4 nitrogen and oxygen atoms in total. The van der Waals surface area contributed by atoms with Gasteiger partial charge in [-0.25, -0.2) is 0 Å². The van der Waals surface area contributed by atoms with E-state index in [1.807, 2.05) is 38.4 Å². The molecule has 4 heteroatoms. The molecule has 0 aliphatic rings. The summed E-state index contributed by atoms with van der Waals surface area (Å²) in [6.45, 7) is 7.85. The zero-order valence-corrected chi connectivity index (χ0v) is 21.3. The van der Waals surface area contributed by atoms with Gasteiger partial charge in [-0.2, -0.15) is 0 Å². The van der Waals surface area contributed by atoms with Crippen molar-refractivity contribution in [2.45, 2.75) is 32.8 Å². The van der Waals surface area contributed by atoms with Crippen LogP contribution in [0.5, 0.6) is 11.5 Å². The quantitative estimate of drug-likeness (QED) is 0.348. The molecule has 3 aromatic carbocycles. The Kier molecular flexibility index (Phi) is 8.54. The minimum absolute atomic E-state index is 0.261. The van der Waals surface area contributed by atoms with Gasteiger partial charge in [-0.05, 0) is 92.0 Å². The van der Waals surface area contributed by atoms with E-state index in [0.717, 1.165) is 41.0 Å². The van der Waals surface area contributed by atoms with E-state index in [1.54, 1.807) is 19.2 Å². The minimum atomic E-state index is -0.336. The van der Waals surface area contributed by atoms with Gasteiger partial charge < -0.3 is 19.5 Å². The summed E-state index contributed by atoms with van der Waals surface area (Å²) in [7, 11) is 5.81. The van der Waals surface area contributed by atoms with Crippen LogP contribution < -0.4 is 4.74 Å². The fourth-order valence-electron chi connectivity index (χ4n) is 3.92. The topological polar surface area (TPSA) is 41.9 Å². The second-order valence-electron chi connectivity index (χ2n) is 9.22. The number of rotatable bonds is 10. The molecule has 3 rings (SSSR count). The van der Waals surface area contributed by atoms with Crippen molar-refractivity contribution in [1.29, 1.82) is 0 Å². The smallest absolute Gasteiger partial charge is 0.119 e. The Hall–Kier alpha value is -3.08. The molecule has 0 heterocycles. The molecule has 3 aromatic rings. The first-order chi connectivity index (χ1) is 16.2. The van der Waals surface area contributed by atoms with E-state index in [2.05, 4.69) is 62.1 Å². The number of likely N-dealkylation sites (N-methyl/N-ethyl adjacent to an activating group) is 1. The second-order valence-corrected chi connectivity index (χ2v) is 9.22. The molecule has 0 aromatic heterocycles. The van der Waals surface area contributed by atoms with Gasteiger partial charge in [0.25, 0.3) is 0 Å². The van der Waals surface area contributed by atoms with Crippen molar-refractivity contribution in [3.05, 3.63) is 95.1 Å². The SMILES string of the molecule is CC/C(=C(\c1ccc(O)cc1)c1ccc(OCCN(C)C)cc1)c1ccc(C(C)(C)OC)cc1. The van der Waals surface area contributed by atoms with Crippen molar-refractivity contribution in [3.8, 4) is 11.5 Å². The zero-order valence-electron chi connectivity index (χ0n) is 21.3. The summed E-state index contributed by atoms with van der Waals surface area (Å²) in [5, 5.41) is 9.86. The van der Waals surface area contributed by atoms with Crippen molar-refractivity contribution in [2.24, 2.45) is 0 Å². The maximum atomic E-state index is 9.86. The number of aromatic hydroxyl groups is 1. The molecular formula is C30H37NO3. The van der Waals surface area contributed by atoms with Gasteiger partial charge >= 0.3 is 0 Å². The fourth-order valence-corrected chi connectivity index (χ4v) is 3.92. The molecule has 34 heavy (non-hydrogen) atoms. The minimum Gasteiger partial charge on any atom is -0.508 e. The van der Waals surface area contributed by atoms with Crippen molar-refractivity contribution >= 4 is 11.1 Å². The summed E-state index contributed by atoms with van der Waals surface area (Å²) < 4.78 is 11.5. The lowest BCUT2D eigenvalue weighted by Gasteiger charge is -2.24. The molecule has 0 bridgehead atoms. The van der Waals surface area contributed by atoms with Gasteiger partial charge in [-0.3, -0.25) is 0 Å². The summed E-state index contributed by atoms with van der Waals surface area (Å²) in [5.41, 5.74) is 6.56. The van der Waals surface area contributed by atoms with Crippen LogP contribution in [0.1, 0.15) is 49.4 Å². The molecule has 0 amide bonds. The fraction of sp³-hybridized carbons (Fsp3) is 0.333. The molecule has 1 N–H and O–H groups in total. The van der Waals surface area contributed by atoms with Crippen LogP contribution >= 0.6 is 0 Å². The first-order valence-electron chi connectivity index (χ1n) is 11.8. The molecule has 0 aliphatic carbocycles. The maximum absolute atomic E-state index is 9.86. The zero-order chi connectivity index (χ0) is 24.7. The van der Waals surface area contributed by atoms with Crippen molar-refractivity contribution in [3.63, 3.8) is 0 Å².